The first-order valence-corrected chi connectivity index (χ1v) is 6.56. The number of halogens is 2. The average molecular weight is 374 g/mol. The van der Waals surface area contributed by atoms with Crippen molar-refractivity contribution in [1.82, 2.24) is 20.2 Å². The first-order valence-electron chi connectivity index (χ1n) is 5.77. The van der Waals surface area contributed by atoms with Crippen molar-refractivity contribution in [3.05, 3.63) is 40.3 Å². The van der Waals surface area contributed by atoms with Gasteiger partial charge in [-0.25, -0.2) is 4.98 Å². The number of hydrogen-bond acceptors (Lipinski definition) is 5. The van der Waals surface area contributed by atoms with E-state index in [0.29, 0.717) is 18.1 Å². The molecular weight excluding hydrogens is 364 g/mol. The number of imidazole rings is 1. The molecule has 0 bridgehead atoms. The van der Waals surface area contributed by atoms with Crippen LogP contribution >= 0.6 is 28.3 Å². The van der Waals surface area contributed by atoms with Crippen LogP contribution in [-0.2, 0) is 17.6 Å². The highest BCUT2D eigenvalue weighted by Gasteiger charge is 2.12. The van der Waals surface area contributed by atoms with Crippen LogP contribution in [0.2, 0.25) is 0 Å². The van der Waals surface area contributed by atoms with E-state index in [0.717, 1.165) is 15.5 Å². The van der Waals surface area contributed by atoms with Crippen LogP contribution in [0.25, 0.3) is 11.0 Å². The Kier molecular flexibility index (Phi) is 4.59. The number of aromatic nitrogens is 4. The summed E-state index contributed by atoms with van der Waals surface area (Å²) < 4.78 is 6.21. The number of carboxylic acid groups (broad SMARTS) is 1. The van der Waals surface area contributed by atoms with Crippen LogP contribution in [0.3, 0.4) is 0 Å². The van der Waals surface area contributed by atoms with E-state index in [4.69, 9.17) is 9.52 Å². The van der Waals surface area contributed by atoms with E-state index in [2.05, 4.69) is 36.1 Å². The number of H-pyrrole nitrogens is 1. The molecular formula is C12H10BrClN4O3. The number of carboxylic acids is 1. The second kappa shape index (κ2) is 6.23. The second-order valence-electron chi connectivity index (χ2n) is 4.18. The summed E-state index contributed by atoms with van der Waals surface area (Å²) in [6, 6.07) is 5.73. The molecule has 0 saturated heterocycles. The Morgan fingerprint density at radius 3 is 2.86 bits per heavy atom. The van der Waals surface area contributed by atoms with Gasteiger partial charge in [0.2, 0.25) is 11.8 Å². The van der Waals surface area contributed by atoms with E-state index in [1.165, 1.54) is 0 Å². The Balaban J connectivity index is 0.00000161. The monoisotopic (exact) mass is 372 g/mol. The molecule has 0 radical (unpaired) electrons. The molecule has 0 atom stereocenters. The Bertz CT molecular complexity index is 786. The highest BCUT2D eigenvalue weighted by molar-refractivity contribution is 9.10. The van der Waals surface area contributed by atoms with Gasteiger partial charge >= 0.3 is 5.97 Å². The summed E-state index contributed by atoms with van der Waals surface area (Å²) in [7, 11) is 0. The summed E-state index contributed by atoms with van der Waals surface area (Å²) in [4.78, 5) is 18.1. The highest BCUT2D eigenvalue weighted by Crippen LogP contribution is 2.18. The number of fused-ring (bicyclic) bond motifs is 1. The lowest BCUT2D eigenvalue weighted by molar-refractivity contribution is -0.136. The first-order chi connectivity index (χ1) is 9.60. The highest BCUT2D eigenvalue weighted by atomic mass is 79.9. The normalized spacial score (nSPS) is 10.5. The van der Waals surface area contributed by atoms with E-state index < -0.39 is 5.97 Å². The van der Waals surface area contributed by atoms with Crippen molar-refractivity contribution >= 4 is 45.3 Å². The quantitative estimate of drug-likeness (QED) is 0.727. The maximum Gasteiger partial charge on any atom is 0.312 e. The van der Waals surface area contributed by atoms with Crippen LogP contribution < -0.4 is 0 Å². The van der Waals surface area contributed by atoms with Crippen molar-refractivity contribution in [2.75, 3.05) is 0 Å². The smallest absolute Gasteiger partial charge is 0.312 e. The number of aromatic amines is 1. The van der Waals surface area contributed by atoms with Gasteiger partial charge in [0.1, 0.15) is 12.2 Å². The molecule has 0 aliphatic heterocycles. The molecule has 7 nitrogen and oxygen atoms in total. The van der Waals surface area contributed by atoms with Gasteiger partial charge in [-0.3, -0.25) is 4.79 Å². The van der Waals surface area contributed by atoms with E-state index in [-0.39, 0.29) is 24.7 Å². The summed E-state index contributed by atoms with van der Waals surface area (Å²) in [5.41, 5.74) is 1.74. The molecule has 0 aliphatic rings. The van der Waals surface area contributed by atoms with Crippen LogP contribution in [0.1, 0.15) is 17.6 Å². The lowest BCUT2D eigenvalue weighted by Gasteiger charge is -1.89. The van der Waals surface area contributed by atoms with E-state index >= 15 is 0 Å². The summed E-state index contributed by atoms with van der Waals surface area (Å²) in [6.07, 6.45) is 0.0546. The standard InChI is InChI=1S/C12H9BrN4O3.ClH/c13-6-1-2-7-8(3-6)15-9(14-7)4-10-16-17-11(20-10)5-12(18)19;/h1-3H,4-5H2,(H,14,15)(H,18,19);1H. The third-order valence-corrected chi connectivity index (χ3v) is 3.12. The van der Waals surface area contributed by atoms with Gasteiger partial charge in [0.05, 0.1) is 17.5 Å². The van der Waals surface area contributed by atoms with Crippen LogP contribution in [0.4, 0.5) is 0 Å². The minimum atomic E-state index is -1.01. The molecule has 9 heteroatoms. The zero-order valence-electron chi connectivity index (χ0n) is 10.5. The maximum atomic E-state index is 10.5. The van der Waals surface area contributed by atoms with E-state index in [1.54, 1.807) is 0 Å². The molecule has 3 rings (SSSR count). The minimum Gasteiger partial charge on any atom is -0.481 e. The Morgan fingerprint density at radius 1 is 1.33 bits per heavy atom. The molecule has 0 amide bonds. The predicted octanol–water partition coefficient (Wildman–Crippen LogP) is 2.35. The number of aliphatic carboxylic acids is 1. The van der Waals surface area contributed by atoms with E-state index in [9.17, 15) is 4.79 Å². The summed E-state index contributed by atoms with van der Waals surface area (Å²) in [5.74, 6) is 0.100. The van der Waals surface area contributed by atoms with Gasteiger partial charge in [-0.1, -0.05) is 15.9 Å². The maximum absolute atomic E-state index is 10.5. The Morgan fingerprint density at radius 2 is 2.10 bits per heavy atom. The Hall–Kier alpha value is -1.93. The molecule has 3 aromatic rings. The molecule has 0 fully saturated rings. The summed E-state index contributed by atoms with van der Waals surface area (Å²) >= 11 is 3.39. The lowest BCUT2D eigenvalue weighted by atomic mass is 10.3. The van der Waals surface area contributed by atoms with Crippen molar-refractivity contribution in [2.24, 2.45) is 0 Å². The van der Waals surface area contributed by atoms with Crippen molar-refractivity contribution in [1.29, 1.82) is 0 Å². The van der Waals surface area contributed by atoms with Crippen molar-refractivity contribution in [3.8, 4) is 0 Å². The third kappa shape index (κ3) is 3.59. The number of nitrogens with one attached hydrogen (secondary N) is 1. The zero-order chi connectivity index (χ0) is 14.1. The average Bonchev–Trinajstić information content (AvgIpc) is 2.95. The minimum absolute atomic E-state index is 0. The summed E-state index contributed by atoms with van der Waals surface area (Å²) in [5, 5.41) is 16.1. The van der Waals surface area contributed by atoms with Gasteiger partial charge in [0.25, 0.3) is 0 Å². The SMILES string of the molecule is Cl.O=C(O)Cc1nnc(Cc2nc3ccc(Br)cc3[nH]2)o1. The fraction of sp³-hybridized carbons (Fsp3) is 0.167. The summed E-state index contributed by atoms with van der Waals surface area (Å²) in [6.45, 7) is 0. The number of hydrogen-bond donors (Lipinski definition) is 2. The largest absolute Gasteiger partial charge is 0.481 e. The van der Waals surface area contributed by atoms with Gasteiger partial charge < -0.3 is 14.5 Å². The molecule has 0 aliphatic carbocycles. The fourth-order valence-corrected chi connectivity index (χ4v) is 2.18. The third-order valence-electron chi connectivity index (χ3n) is 2.62. The fourth-order valence-electron chi connectivity index (χ4n) is 1.82. The molecule has 110 valence electrons. The molecule has 1 aromatic carbocycles. The van der Waals surface area contributed by atoms with Gasteiger partial charge in [-0.2, -0.15) is 0 Å². The van der Waals surface area contributed by atoms with Gasteiger partial charge in [0, 0.05) is 4.47 Å². The number of nitrogens with zero attached hydrogens (tertiary/aromatic N) is 3. The topological polar surface area (TPSA) is 105 Å². The van der Waals surface area contributed by atoms with Crippen molar-refractivity contribution in [2.45, 2.75) is 12.8 Å². The molecule has 0 saturated carbocycles. The lowest BCUT2D eigenvalue weighted by Crippen LogP contribution is -1.99. The van der Waals surface area contributed by atoms with Crippen LogP contribution in [0.5, 0.6) is 0 Å². The molecule has 2 heterocycles. The molecule has 2 N–H and O–H groups in total. The van der Waals surface area contributed by atoms with Gasteiger partial charge in [-0.15, -0.1) is 22.6 Å². The van der Waals surface area contributed by atoms with E-state index in [1.807, 2.05) is 18.2 Å². The number of rotatable bonds is 4. The van der Waals surface area contributed by atoms with Crippen molar-refractivity contribution in [3.63, 3.8) is 0 Å². The molecule has 21 heavy (non-hydrogen) atoms. The number of benzene rings is 1. The Labute approximate surface area is 133 Å². The zero-order valence-corrected chi connectivity index (χ0v) is 12.9. The van der Waals surface area contributed by atoms with Gasteiger partial charge in [0.15, 0.2) is 0 Å². The number of carbonyl (C=O) groups is 1. The van der Waals surface area contributed by atoms with Crippen LogP contribution in [-0.4, -0.2) is 31.2 Å². The molecule has 2 aromatic heterocycles. The first kappa shape index (κ1) is 15.5. The van der Waals surface area contributed by atoms with Crippen LogP contribution in [0.15, 0.2) is 27.1 Å². The van der Waals surface area contributed by atoms with Crippen LogP contribution in [0, 0.1) is 0 Å². The molecule has 0 spiro atoms. The second-order valence-corrected chi connectivity index (χ2v) is 5.10. The van der Waals surface area contributed by atoms with Crippen molar-refractivity contribution < 1.29 is 14.3 Å². The molecule has 0 unspecified atom stereocenters. The predicted molar refractivity (Wildman–Crippen MR) is 79.5 cm³/mol. The van der Waals surface area contributed by atoms with Gasteiger partial charge in [-0.05, 0) is 18.2 Å².